The molecule has 0 atom stereocenters. The molecule has 0 amide bonds. The highest BCUT2D eigenvalue weighted by Gasteiger charge is 2.09. The summed E-state index contributed by atoms with van der Waals surface area (Å²) in [6.45, 7) is 3.43. The van der Waals surface area contributed by atoms with Crippen LogP contribution in [0.3, 0.4) is 0 Å². The standard InChI is InChI=1S/C11H13NO3/c1-2-11(14)15-12(8-9-13)10-6-4-3-5-7-10/h2-7,13H,1,8-9H2. The number of hydrogen-bond donors (Lipinski definition) is 1. The van der Waals surface area contributed by atoms with Crippen LogP contribution in [0.1, 0.15) is 0 Å². The molecule has 0 fully saturated rings. The summed E-state index contributed by atoms with van der Waals surface area (Å²) in [5.74, 6) is -0.549. The minimum absolute atomic E-state index is 0.0979. The third-order valence-corrected chi connectivity index (χ3v) is 1.71. The van der Waals surface area contributed by atoms with Crippen molar-refractivity contribution in [2.45, 2.75) is 0 Å². The second-order valence-corrected chi connectivity index (χ2v) is 2.78. The van der Waals surface area contributed by atoms with Crippen LogP contribution in [-0.2, 0) is 9.63 Å². The van der Waals surface area contributed by atoms with Crippen molar-refractivity contribution in [3.8, 4) is 0 Å². The fourth-order valence-corrected chi connectivity index (χ4v) is 1.06. The van der Waals surface area contributed by atoms with Gasteiger partial charge in [-0.1, -0.05) is 24.8 Å². The van der Waals surface area contributed by atoms with Crippen molar-refractivity contribution >= 4 is 11.7 Å². The van der Waals surface area contributed by atoms with Crippen LogP contribution in [0.4, 0.5) is 5.69 Å². The molecule has 0 aromatic heterocycles. The van der Waals surface area contributed by atoms with E-state index < -0.39 is 5.97 Å². The molecular formula is C11H13NO3. The van der Waals surface area contributed by atoms with E-state index in [1.165, 1.54) is 5.06 Å². The van der Waals surface area contributed by atoms with E-state index in [1.807, 2.05) is 18.2 Å². The van der Waals surface area contributed by atoms with E-state index in [0.29, 0.717) is 5.69 Å². The maximum Gasteiger partial charge on any atom is 0.355 e. The third kappa shape index (κ3) is 3.44. The van der Waals surface area contributed by atoms with Gasteiger partial charge in [-0.3, -0.25) is 0 Å². The van der Waals surface area contributed by atoms with Gasteiger partial charge in [0.2, 0.25) is 0 Å². The van der Waals surface area contributed by atoms with E-state index in [4.69, 9.17) is 9.94 Å². The summed E-state index contributed by atoms with van der Waals surface area (Å²) in [5.41, 5.74) is 0.710. The molecule has 0 radical (unpaired) electrons. The second-order valence-electron chi connectivity index (χ2n) is 2.78. The fourth-order valence-electron chi connectivity index (χ4n) is 1.06. The van der Waals surface area contributed by atoms with Crippen molar-refractivity contribution < 1.29 is 14.7 Å². The molecule has 0 heterocycles. The summed E-state index contributed by atoms with van der Waals surface area (Å²) < 4.78 is 0. The van der Waals surface area contributed by atoms with E-state index in [2.05, 4.69) is 6.58 Å². The summed E-state index contributed by atoms with van der Waals surface area (Å²) >= 11 is 0. The van der Waals surface area contributed by atoms with Crippen molar-refractivity contribution in [3.63, 3.8) is 0 Å². The predicted molar refractivity (Wildman–Crippen MR) is 57.2 cm³/mol. The van der Waals surface area contributed by atoms with Gasteiger partial charge < -0.3 is 9.94 Å². The van der Waals surface area contributed by atoms with Crippen molar-refractivity contribution in [1.82, 2.24) is 0 Å². The zero-order valence-electron chi connectivity index (χ0n) is 8.30. The number of aliphatic hydroxyl groups excluding tert-OH is 1. The van der Waals surface area contributed by atoms with Crippen LogP contribution in [-0.4, -0.2) is 24.2 Å². The fraction of sp³-hybridized carbons (Fsp3) is 0.182. The molecule has 1 N–H and O–H groups in total. The van der Waals surface area contributed by atoms with Gasteiger partial charge in [-0.2, -0.15) is 0 Å². The molecule has 0 spiro atoms. The molecule has 4 heteroatoms. The Morgan fingerprint density at radius 3 is 2.67 bits per heavy atom. The van der Waals surface area contributed by atoms with Crippen molar-refractivity contribution in [3.05, 3.63) is 43.0 Å². The van der Waals surface area contributed by atoms with E-state index in [0.717, 1.165) is 6.08 Å². The maximum atomic E-state index is 11.0. The largest absolute Gasteiger partial charge is 0.394 e. The first-order valence-corrected chi connectivity index (χ1v) is 4.55. The molecular weight excluding hydrogens is 194 g/mol. The predicted octanol–water partition coefficient (Wildman–Crippen LogP) is 1.13. The van der Waals surface area contributed by atoms with E-state index >= 15 is 0 Å². The minimum atomic E-state index is -0.549. The zero-order valence-corrected chi connectivity index (χ0v) is 8.30. The van der Waals surface area contributed by atoms with Crippen LogP contribution in [0.5, 0.6) is 0 Å². The lowest BCUT2D eigenvalue weighted by Crippen LogP contribution is -2.29. The average molecular weight is 207 g/mol. The number of nitrogens with zero attached hydrogens (tertiary/aromatic N) is 1. The number of aliphatic hydroxyl groups is 1. The Bertz CT molecular complexity index is 324. The van der Waals surface area contributed by atoms with E-state index in [9.17, 15) is 4.79 Å². The lowest BCUT2D eigenvalue weighted by Gasteiger charge is -2.21. The van der Waals surface area contributed by atoms with Crippen LogP contribution in [0.15, 0.2) is 43.0 Å². The van der Waals surface area contributed by atoms with Gasteiger partial charge in [0.25, 0.3) is 0 Å². The number of para-hydroxylation sites is 1. The number of hydrogen-bond acceptors (Lipinski definition) is 4. The number of carbonyl (C=O) groups is 1. The van der Waals surface area contributed by atoms with Gasteiger partial charge >= 0.3 is 5.97 Å². The highest BCUT2D eigenvalue weighted by Crippen LogP contribution is 2.13. The van der Waals surface area contributed by atoms with E-state index in [-0.39, 0.29) is 13.2 Å². The number of anilines is 1. The first-order valence-electron chi connectivity index (χ1n) is 4.55. The second kappa shape index (κ2) is 5.82. The van der Waals surface area contributed by atoms with Crippen LogP contribution in [0.25, 0.3) is 0 Å². The molecule has 4 nitrogen and oxygen atoms in total. The molecule has 1 rings (SSSR count). The molecule has 0 saturated carbocycles. The average Bonchev–Trinajstić information content (AvgIpc) is 2.29. The molecule has 80 valence electrons. The van der Waals surface area contributed by atoms with Gasteiger partial charge in [0.15, 0.2) is 0 Å². The zero-order chi connectivity index (χ0) is 11.1. The summed E-state index contributed by atoms with van der Waals surface area (Å²) in [5, 5.41) is 10.1. The summed E-state index contributed by atoms with van der Waals surface area (Å²) in [6.07, 6.45) is 1.08. The lowest BCUT2D eigenvalue weighted by molar-refractivity contribution is -0.139. The molecule has 0 unspecified atom stereocenters. The van der Waals surface area contributed by atoms with Gasteiger partial charge in [0, 0.05) is 6.08 Å². The Morgan fingerprint density at radius 1 is 1.47 bits per heavy atom. The molecule has 0 aliphatic rings. The Labute approximate surface area is 88.3 Å². The molecule has 0 saturated heterocycles. The molecule has 0 aliphatic carbocycles. The molecule has 1 aromatic rings. The van der Waals surface area contributed by atoms with Crippen LogP contribution in [0, 0.1) is 0 Å². The summed E-state index contributed by atoms with van der Waals surface area (Å²) in [4.78, 5) is 15.9. The Morgan fingerprint density at radius 2 is 2.13 bits per heavy atom. The first-order chi connectivity index (χ1) is 7.27. The van der Waals surface area contributed by atoms with Gasteiger partial charge in [0.1, 0.15) is 0 Å². The number of carbonyl (C=O) groups excluding carboxylic acids is 1. The van der Waals surface area contributed by atoms with Gasteiger partial charge in [-0.05, 0) is 12.1 Å². The molecule has 0 aliphatic heterocycles. The van der Waals surface area contributed by atoms with E-state index in [1.54, 1.807) is 12.1 Å². The smallest absolute Gasteiger partial charge is 0.355 e. The number of rotatable bonds is 5. The van der Waals surface area contributed by atoms with Crippen LogP contribution >= 0.6 is 0 Å². The SMILES string of the molecule is C=CC(=O)ON(CCO)c1ccccc1. The highest BCUT2D eigenvalue weighted by molar-refractivity contribution is 5.82. The number of benzene rings is 1. The first kappa shape index (κ1) is 11.3. The number of hydroxylamine groups is 1. The van der Waals surface area contributed by atoms with Gasteiger partial charge in [-0.25, -0.2) is 9.86 Å². The normalized spacial score (nSPS) is 9.40. The van der Waals surface area contributed by atoms with Crippen molar-refractivity contribution in [2.24, 2.45) is 0 Å². The highest BCUT2D eigenvalue weighted by atomic mass is 16.7. The summed E-state index contributed by atoms with van der Waals surface area (Å²) in [7, 11) is 0. The lowest BCUT2D eigenvalue weighted by atomic mass is 10.3. The Hall–Kier alpha value is -1.81. The summed E-state index contributed by atoms with van der Waals surface area (Å²) in [6, 6.07) is 9.07. The molecule has 1 aromatic carbocycles. The monoisotopic (exact) mass is 207 g/mol. The molecule has 0 bridgehead atoms. The molecule has 15 heavy (non-hydrogen) atoms. The van der Waals surface area contributed by atoms with Gasteiger partial charge in [0.05, 0.1) is 18.8 Å². The van der Waals surface area contributed by atoms with Gasteiger partial charge in [-0.15, -0.1) is 0 Å². The van der Waals surface area contributed by atoms with Crippen LogP contribution in [0.2, 0.25) is 0 Å². The maximum absolute atomic E-state index is 11.0. The Kier molecular flexibility index (Phi) is 4.37. The van der Waals surface area contributed by atoms with Crippen LogP contribution < -0.4 is 5.06 Å². The Balaban J connectivity index is 2.74. The third-order valence-electron chi connectivity index (χ3n) is 1.71. The van der Waals surface area contributed by atoms with Crippen molar-refractivity contribution in [1.29, 1.82) is 0 Å². The topological polar surface area (TPSA) is 49.8 Å². The van der Waals surface area contributed by atoms with Crippen molar-refractivity contribution in [2.75, 3.05) is 18.2 Å². The quantitative estimate of drug-likeness (QED) is 0.581. The minimum Gasteiger partial charge on any atom is -0.394 e.